The molecular weight excluding hydrogens is 348 g/mol. The Morgan fingerprint density at radius 1 is 0.964 bits per heavy atom. The largest absolute Gasteiger partial charge is 0.348 e. The lowest BCUT2D eigenvalue weighted by atomic mass is 10.0. The fraction of sp³-hybridized carbons (Fsp3) is 0.0909. The molecule has 0 spiro atoms. The molecule has 1 atom stereocenters. The van der Waals surface area contributed by atoms with Gasteiger partial charge in [-0.05, 0) is 41.8 Å². The number of nitrogens with one attached hydrogen (secondary N) is 2. The molecular formula is C22H18N6. The summed E-state index contributed by atoms with van der Waals surface area (Å²) in [7, 11) is 0. The zero-order valence-corrected chi connectivity index (χ0v) is 15.3. The van der Waals surface area contributed by atoms with Gasteiger partial charge in [-0.15, -0.1) is 0 Å². The summed E-state index contributed by atoms with van der Waals surface area (Å²) in [6.45, 7) is 2.10. The van der Waals surface area contributed by atoms with E-state index in [-0.39, 0.29) is 6.04 Å². The number of nitrogens with zero attached hydrogens (tertiary/aromatic N) is 4. The number of rotatable bonds is 4. The van der Waals surface area contributed by atoms with Crippen molar-refractivity contribution in [2.45, 2.75) is 13.0 Å². The summed E-state index contributed by atoms with van der Waals surface area (Å²) < 4.78 is 0. The van der Waals surface area contributed by atoms with Gasteiger partial charge < -0.3 is 5.32 Å². The number of hydrogen-bond acceptors (Lipinski definition) is 5. The van der Waals surface area contributed by atoms with Gasteiger partial charge in [0.05, 0.1) is 17.8 Å². The van der Waals surface area contributed by atoms with Crippen LogP contribution in [0.4, 0.5) is 5.95 Å². The molecule has 5 aromatic rings. The number of benzene rings is 2. The lowest BCUT2D eigenvalue weighted by molar-refractivity contribution is 0.864. The maximum atomic E-state index is 4.67. The summed E-state index contributed by atoms with van der Waals surface area (Å²) >= 11 is 0. The quantitative estimate of drug-likeness (QED) is 0.480. The van der Waals surface area contributed by atoms with Crippen LogP contribution < -0.4 is 5.32 Å². The molecule has 0 amide bonds. The summed E-state index contributed by atoms with van der Waals surface area (Å²) in [5.41, 5.74) is 5.05. The van der Waals surface area contributed by atoms with Gasteiger partial charge in [0.1, 0.15) is 0 Å². The summed E-state index contributed by atoms with van der Waals surface area (Å²) in [5, 5.41) is 12.4. The predicted molar refractivity (Wildman–Crippen MR) is 111 cm³/mol. The van der Waals surface area contributed by atoms with Gasteiger partial charge in [0, 0.05) is 23.2 Å². The maximum Gasteiger partial charge on any atom is 0.223 e. The highest BCUT2D eigenvalue weighted by Gasteiger charge is 2.10. The second-order valence-corrected chi connectivity index (χ2v) is 6.73. The van der Waals surface area contributed by atoms with Gasteiger partial charge in [-0.1, -0.05) is 36.4 Å². The molecule has 2 N–H and O–H groups in total. The maximum absolute atomic E-state index is 4.67. The Morgan fingerprint density at radius 2 is 1.86 bits per heavy atom. The Labute approximate surface area is 161 Å². The van der Waals surface area contributed by atoms with E-state index in [4.69, 9.17) is 0 Å². The number of pyridine rings is 1. The third kappa shape index (κ3) is 2.95. The van der Waals surface area contributed by atoms with Crippen molar-refractivity contribution in [2.24, 2.45) is 0 Å². The zero-order chi connectivity index (χ0) is 18.9. The van der Waals surface area contributed by atoms with Crippen LogP contribution in [0.5, 0.6) is 0 Å². The monoisotopic (exact) mass is 366 g/mol. The lowest BCUT2D eigenvalue weighted by Crippen LogP contribution is -2.09. The van der Waals surface area contributed by atoms with Crippen molar-refractivity contribution in [1.82, 2.24) is 25.1 Å². The molecule has 2 aromatic carbocycles. The molecule has 0 saturated heterocycles. The van der Waals surface area contributed by atoms with Gasteiger partial charge in [-0.2, -0.15) is 5.10 Å². The van der Waals surface area contributed by atoms with Crippen molar-refractivity contribution in [2.75, 3.05) is 5.32 Å². The van der Waals surface area contributed by atoms with E-state index >= 15 is 0 Å². The number of H-pyrrole nitrogens is 1. The molecule has 0 bridgehead atoms. The molecule has 0 aliphatic carbocycles. The van der Waals surface area contributed by atoms with E-state index in [1.54, 1.807) is 12.4 Å². The molecule has 3 heterocycles. The second kappa shape index (κ2) is 6.74. The number of aromatic nitrogens is 5. The van der Waals surface area contributed by atoms with Crippen LogP contribution in [0.2, 0.25) is 0 Å². The van der Waals surface area contributed by atoms with Crippen LogP contribution in [0.25, 0.3) is 33.1 Å². The normalized spacial score (nSPS) is 12.3. The van der Waals surface area contributed by atoms with Crippen molar-refractivity contribution in [1.29, 1.82) is 0 Å². The Balaban J connectivity index is 1.47. The van der Waals surface area contributed by atoms with E-state index in [0.717, 1.165) is 33.1 Å². The fourth-order valence-corrected chi connectivity index (χ4v) is 3.39. The first-order chi connectivity index (χ1) is 13.8. The Hall–Kier alpha value is -3.80. The smallest absolute Gasteiger partial charge is 0.223 e. The molecule has 0 aliphatic rings. The van der Waals surface area contributed by atoms with Gasteiger partial charge in [0.25, 0.3) is 0 Å². The molecule has 28 heavy (non-hydrogen) atoms. The average Bonchev–Trinajstić information content (AvgIpc) is 3.23. The van der Waals surface area contributed by atoms with Crippen molar-refractivity contribution >= 4 is 27.9 Å². The predicted octanol–water partition coefficient (Wildman–Crippen LogP) is 4.74. The van der Waals surface area contributed by atoms with Gasteiger partial charge in [-0.25, -0.2) is 15.0 Å². The minimum atomic E-state index is 0.129. The third-order valence-electron chi connectivity index (χ3n) is 4.89. The van der Waals surface area contributed by atoms with Crippen LogP contribution in [0.1, 0.15) is 18.5 Å². The average molecular weight is 366 g/mol. The topological polar surface area (TPSA) is 79.4 Å². The lowest BCUT2D eigenvalue weighted by Gasteiger charge is -2.14. The summed E-state index contributed by atoms with van der Waals surface area (Å²) in [6.07, 6.45) is 5.45. The highest BCUT2D eigenvalue weighted by atomic mass is 15.1. The fourth-order valence-electron chi connectivity index (χ4n) is 3.39. The zero-order valence-electron chi connectivity index (χ0n) is 15.3. The number of hydrogen-bond donors (Lipinski definition) is 2. The third-order valence-corrected chi connectivity index (χ3v) is 4.89. The highest BCUT2D eigenvalue weighted by Crippen LogP contribution is 2.29. The molecule has 3 aromatic heterocycles. The van der Waals surface area contributed by atoms with E-state index in [1.807, 2.05) is 36.5 Å². The summed E-state index contributed by atoms with van der Waals surface area (Å²) in [5.74, 6) is 0.623. The molecule has 0 aliphatic heterocycles. The molecule has 5 rings (SSSR count). The van der Waals surface area contributed by atoms with Gasteiger partial charge in [-0.3, -0.25) is 5.10 Å². The number of fused-ring (bicyclic) bond motifs is 2. The van der Waals surface area contributed by atoms with E-state index in [9.17, 15) is 0 Å². The van der Waals surface area contributed by atoms with Crippen molar-refractivity contribution in [3.8, 4) is 11.1 Å². The SMILES string of the molecule is CC(Nc1ncc2cc(-c3ccnc4[nH]ncc34)ccc2n1)c1ccccc1. The summed E-state index contributed by atoms with van der Waals surface area (Å²) in [6, 6.07) is 18.6. The number of anilines is 1. The van der Waals surface area contributed by atoms with Crippen molar-refractivity contribution in [3.63, 3.8) is 0 Å². The molecule has 0 radical (unpaired) electrons. The minimum Gasteiger partial charge on any atom is -0.348 e. The Morgan fingerprint density at radius 3 is 2.75 bits per heavy atom. The molecule has 1 unspecified atom stereocenters. The highest BCUT2D eigenvalue weighted by molar-refractivity contribution is 5.95. The molecule has 6 nitrogen and oxygen atoms in total. The molecule has 0 saturated carbocycles. The number of aromatic amines is 1. The molecule has 136 valence electrons. The first kappa shape index (κ1) is 16.4. The van der Waals surface area contributed by atoms with Crippen LogP contribution in [0.3, 0.4) is 0 Å². The van der Waals surface area contributed by atoms with Gasteiger partial charge in [0.2, 0.25) is 5.95 Å². The van der Waals surface area contributed by atoms with Crippen LogP contribution in [-0.4, -0.2) is 25.1 Å². The summed E-state index contributed by atoms with van der Waals surface area (Å²) in [4.78, 5) is 13.5. The minimum absolute atomic E-state index is 0.129. The van der Waals surface area contributed by atoms with E-state index < -0.39 is 0 Å². The first-order valence-electron chi connectivity index (χ1n) is 9.15. The Kier molecular flexibility index (Phi) is 3.94. The van der Waals surface area contributed by atoms with Crippen molar-refractivity contribution < 1.29 is 0 Å². The van der Waals surface area contributed by atoms with Crippen LogP contribution in [0, 0.1) is 0 Å². The van der Waals surface area contributed by atoms with E-state index in [0.29, 0.717) is 5.95 Å². The van der Waals surface area contributed by atoms with Crippen LogP contribution in [0.15, 0.2) is 73.2 Å². The first-order valence-corrected chi connectivity index (χ1v) is 9.15. The standard InChI is InChI=1S/C22H18N6/c1-14(15-5-3-2-4-6-15)26-22-24-12-17-11-16(7-8-20(17)27-22)18-9-10-23-21-19(18)13-25-28-21/h2-14H,1H3,(H,23,25,28)(H,24,26,27). The van der Waals surface area contributed by atoms with Gasteiger partial charge >= 0.3 is 0 Å². The van der Waals surface area contributed by atoms with Gasteiger partial charge in [0.15, 0.2) is 5.65 Å². The van der Waals surface area contributed by atoms with E-state index in [1.165, 1.54) is 5.56 Å². The second-order valence-electron chi connectivity index (χ2n) is 6.73. The van der Waals surface area contributed by atoms with Crippen molar-refractivity contribution in [3.05, 3.63) is 78.8 Å². The van der Waals surface area contributed by atoms with E-state index in [2.05, 4.69) is 61.7 Å². The molecule has 6 heteroatoms. The Bertz CT molecular complexity index is 1260. The molecule has 0 fully saturated rings. The van der Waals surface area contributed by atoms with Crippen LogP contribution in [-0.2, 0) is 0 Å². The van der Waals surface area contributed by atoms with Crippen LogP contribution >= 0.6 is 0 Å².